The topological polar surface area (TPSA) is 32.3 Å². The molecule has 21 heavy (non-hydrogen) atoms. The van der Waals surface area contributed by atoms with Crippen molar-refractivity contribution in [2.45, 2.75) is 45.1 Å². The van der Waals surface area contributed by atoms with Crippen LogP contribution in [0.2, 0.25) is 0 Å². The number of Topliss-reactive ketones (excluding diaryl/α,β-unsaturated/α-hetero) is 1. The van der Waals surface area contributed by atoms with E-state index < -0.39 is 0 Å². The molecule has 1 aliphatic heterocycles. The molecule has 1 fully saturated rings. The maximum absolute atomic E-state index is 12.8. The van der Waals surface area contributed by atoms with Crippen LogP contribution in [0, 0.1) is 0 Å². The van der Waals surface area contributed by atoms with Crippen LogP contribution in [0.4, 0.5) is 0 Å². The van der Waals surface area contributed by atoms with Gasteiger partial charge in [-0.1, -0.05) is 18.2 Å². The average molecular weight is 286 g/mol. The smallest absolute Gasteiger partial charge is 0.156 e. The molecule has 3 heteroatoms. The number of nitrogens with zero attached hydrogens (tertiary/aromatic N) is 1. The van der Waals surface area contributed by atoms with Gasteiger partial charge in [-0.25, -0.2) is 0 Å². The fourth-order valence-electron chi connectivity index (χ4n) is 3.54. The molecule has 0 aromatic heterocycles. The minimum absolute atomic E-state index is 0.336. The molecule has 2 aliphatic rings. The minimum atomic E-state index is -0.360. The summed E-state index contributed by atoms with van der Waals surface area (Å²) in [5.41, 5.74) is 3.76. The first-order valence-corrected chi connectivity index (χ1v) is 8.17. The molecule has 3 rings (SSSR count). The maximum atomic E-state index is 12.8. The number of aryl methyl sites for hydroxylation is 2. The maximum Gasteiger partial charge on any atom is 0.156 e. The van der Waals surface area contributed by atoms with Gasteiger partial charge >= 0.3 is 0 Å². The Morgan fingerprint density at radius 3 is 2.67 bits per heavy atom. The van der Waals surface area contributed by atoms with Crippen molar-refractivity contribution >= 4 is 5.78 Å². The lowest BCUT2D eigenvalue weighted by Gasteiger charge is -2.40. The minimum Gasteiger partial charge on any atom is -0.314 e. The fraction of sp³-hybridized carbons (Fsp3) is 0.611. The van der Waals surface area contributed by atoms with Crippen molar-refractivity contribution < 1.29 is 4.79 Å². The van der Waals surface area contributed by atoms with Crippen LogP contribution in [0.5, 0.6) is 0 Å². The van der Waals surface area contributed by atoms with Gasteiger partial charge in [0.15, 0.2) is 5.78 Å². The molecule has 0 amide bonds. The molecule has 1 saturated heterocycles. The Morgan fingerprint density at radius 2 is 1.90 bits per heavy atom. The Kier molecular flexibility index (Phi) is 4.14. The second-order valence-corrected chi connectivity index (χ2v) is 6.85. The molecule has 1 N–H and O–H groups in total. The number of ketones is 1. The standard InChI is InChI=1S/C18H26N2O/c1-18(2,20-10-8-19-9-11-20)17(21)13-14-6-7-15-4-3-5-16(15)12-14/h6-7,12,19H,3-5,8-11,13H2,1-2H3. The summed E-state index contributed by atoms with van der Waals surface area (Å²) < 4.78 is 0. The first kappa shape index (κ1) is 14.7. The van der Waals surface area contributed by atoms with Crippen molar-refractivity contribution in [1.29, 1.82) is 0 Å². The third-order valence-electron chi connectivity index (χ3n) is 5.12. The molecule has 0 spiro atoms. The van der Waals surface area contributed by atoms with Gasteiger partial charge < -0.3 is 5.32 Å². The van der Waals surface area contributed by atoms with Crippen molar-refractivity contribution in [2.75, 3.05) is 26.2 Å². The van der Waals surface area contributed by atoms with Gasteiger partial charge in [0.05, 0.1) is 5.54 Å². The first-order valence-electron chi connectivity index (χ1n) is 8.17. The molecule has 3 nitrogen and oxygen atoms in total. The van der Waals surface area contributed by atoms with Crippen molar-refractivity contribution in [3.63, 3.8) is 0 Å². The monoisotopic (exact) mass is 286 g/mol. The van der Waals surface area contributed by atoms with E-state index in [2.05, 4.69) is 42.3 Å². The summed E-state index contributed by atoms with van der Waals surface area (Å²) in [5.74, 6) is 0.336. The fourth-order valence-corrected chi connectivity index (χ4v) is 3.54. The summed E-state index contributed by atoms with van der Waals surface area (Å²) in [6, 6.07) is 6.63. The third kappa shape index (κ3) is 3.04. The lowest BCUT2D eigenvalue weighted by Crippen LogP contribution is -2.57. The number of hydrogen-bond donors (Lipinski definition) is 1. The summed E-state index contributed by atoms with van der Waals surface area (Å²) in [5, 5.41) is 3.35. The highest BCUT2D eigenvalue weighted by Gasteiger charge is 2.34. The number of benzene rings is 1. The molecule has 114 valence electrons. The predicted octanol–water partition coefficient (Wildman–Crippen LogP) is 1.97. The van der Waals surface area contributed by atoms with Crippen molar-refractivity contribution in [3.05, 3.63) is 34.9 Å². The van der Waals surface area contributed by atoms with Crippen LogP contribution in [0.1, 0.15) is 37.0 Å². The molecule has 0 atom stereocenters. The van der Waals surface area contributed by atoms with Gasteiger partial charge in [0, 0.05) is 32.6 Å². The molecule has 1 aromatic rings. The van der Waals surface area contributed by atoms with Crippen LogP contribution in [0.3, 0.4) is 0 Å². The molecular formula is C18H26N2O. The molecule has 0 bridgehead atoms. The van der Waals surface area contributed by atoms with Crippen LogP contribution < -0.4 is 5.32 Å². The summed E-state index contributed by atoms with van der Waals surface area (Å²) >= 11 is 0. The number of carbonyl (C=O) groups excluding carboxylic acids is 1. The predicted molar refractivity (Wildman–Crippen MR) is 85.7 cm³/mol. The number of rotatable bonds is 4. The van der Waals surface area contributed by atoms with E-state index in [4.69, 9.17) is 0 Å². The Labute approximate surface area is 127 Å². The number of fused-ring (bicyclic) bond motifs is 1. The number of nitrogens with one attached hydrogen (secondary N) is 1. The van der Waals surface area contributed by atoms with E-state index in [1.165, 1.54) is 36.0 Å². The van der Waals surface area contributed by atoms with Gasteiger partial charge in [-0.05, 0) is 49.8 Å². The highest BCUT2D eigenvalue weighted by Crippen LogP contribution is 2.24. The number of piperazine rings is 1. The highest BCUT2D eigenvalue weighted by molar-refractivity contribution is 5.89. The lowest BCUT2D eigenvalue weighted by atomic mass is 9.90. The number of hydrogen-bond acceptors (Lipinski definition) is 3. The van der Waals surface area contributed by atoms with Crippen molar-refractivity contribution in [3.8, 4) is 0 Å². The molecule has 0 saturated carbocycles. The second kappa shape index (κ2) is 5.90. The summed E-state index contributed by atoms with van der Waals surface area (Å²) in [4.78, 5) is 15.1. The first-order chi connectivity index (χ1) is 10.1. The van der Waals surface area contributed by atoms with E-state index in [1.807, 2.05) is 0 Å². The van der Waals surface area contributed by atoms with Crippen LogP contribution in [-0.2, 0) is 24.1 Å². The molecule has 0 radical (unpaired) electrons. The summed E-state index contributed by atoms with van der Waals surface area (Å²) in [6.45, 7) is 8.04. The van der Waals surface area contributed by atoms with Crippen LogP contribution in [0.15, 0.2) is 18.2 Å². The molecule has 1 aromatic carbocycles. The van der Waals surface area contributed by atoms with Gasteiger partial charge in [0.25, 0.3) is 0 Å². The van der Waals surface area contributed by atoms with Crippen LogP contribution in [-0.4, -0.2) is 42.4 Å². The van der Waals surface area contributed by atoms with E-state index in [0.717, 1.165) is 26.2 Å². The summed E-state index contributed by atoms with van der Waals surface area (Å²) in [6.07, 6.45) is 4.21. The SMILES string of the molecule is CC(C)(C(=O)Cc1ccc2c(c1)CCC2)N1CCNCC1. The zero-order valence-corrected chi connectivity index (χ0v) is 13.2. The highest BCUT2D eigenvalue weighted by atomic mass is 16.1. The van der Waals surface area contributed by atoms with Crippen LogP contribution in [0.25, 0.3) is 0 Å². The van der Waals surface area contributed by atoms with E-state index in [1.54, 1.807) is 0 Å². The van der Waals surface area contributed by atoms with Gasteiger partial charge in [-0.2, -0.15) is 0 Å². The number of carbonyl (C=O) groups is 1. The average Bonchev–Trinajstić information content (AvgIpc) is 2.95. The summed E-state index contributed by atoms with van der Waals surface area (Å²) in [7, 11) is 0. The Bertz CT molecular complexity index is 530. The largest absolute Gasteiger partial charge is 0.314 e. The Hall–Kier alpha value is -1.19. The Balaban J connectivity index is 1.70. The van der Waals surface area contributed by atoms with Gasteiger partial charge in [0.2, 0.25) is 0 Å². The van der Waals surface area contributed by atoms with E-state index >= 15 is 0 Å². The molecule has 0 unspecified atom stereocenters. The third-order valence-corrected chi connectivity index (χ3v) is 5.12. The van der Waals surface area contributed by atoms with E-state index in [-0.39, 0.29) is 5.54 Å². The zero-order chi connectivity index (χ0) is 14.9. The zero-order valence-electron chi connectivity index (χ0n) is 13.2. The quantitative estimate of drug-likeness (QED) is 0.918. The molecule has 1 heterocycles. The second-order valence-electron chi connectivity index (χ2n) is 6.85. The van der Waals surface area contributed by atoms with Crippen LogP contribution >= 0.6 is 0 Å². The van der Waals surface area contributed by atoms with Crippen molar-refractivity contribution in [2.24, 2.45) is 0 Å². The van der Waals surface area contributed by atoms with Crippen molar-refractivity contribution in [1.82, 2.24) is 10.2 Å². The van der Waals surface area contributed by atoms with Gasteiger partial charge in [-0.15, -0.1) is 0 Å². The molecular weight excluding hydrogens is 260 g/mol. The van der Waals surface area contributed by atoms with Gasteiger partial charge in [0.1, 0.15) is 0 Å². The van der Waals surface area contributed by atoms with Gasteiger partial charge in [-0.3, -0.25) is 9.69 Å². The molecule has 1 aliphatic carbocycles. The lowest BCUT2D eigenvalue weighted by molar-refractivity contribution is -0.129. The Morgan fingerprint density at radius 1 is 1.19 bits per heavy atom. The normalized spacial score (nSPS) is 19.5. The van der Waals surface area contributed by atoms with E-state index in [9.17, 15) is 4.79 Å². The van der Waals surface area contributed by atoms with E-state index in [0.29, 0.717) is 12.2 Å².